The summed E-state index contributed by atoms with van der Waals surface area (Å²) in [6.45, 7) is 5.55. The Bertz CT molecular complexity index is 557. The SMILES string of the molecule is CC(C)c1ccc2c(c1)CC(c1ccccc1)CN2. The Morgan fingerprint density at radius 1 is 1.05 bits per heavy atom. The highest BCUT2D eigenvalue weighted by molar-refractivity contribution is 5.56. The Morgan fingerprint density at radius 2 is 1.84 bits per heavy atom. The summed E-state index contributed by atoms with van der Waals surface area (Å²) in [6.07, 6.45) is 1.15. The smallest absolute Gasteiger partial charge is 0.0373 e. The van der Waals surface area contributed by atoms with E-state index in [1.54, 1.807) is 0 Å². The molecule has 3 rings (SSSR count). The molecule has 1 aliphatic heterocycles. The lowest BCUT2D eigenvalue weighted by Crippen LogP contribution is -2.21. The Labute approximate surface area is 115 Å². The second kappa shape index (κ2) is 5.08. The zero-order chi connectivity index (χ0) is 13.2. The molecule has 2 aromatic rings. The molecule has 0 saturated heterocycles. The van der Waals surface area contributed by atoms with Crippen molar-refractivity contribution < 1.29 is 0 Å². The molecule has 0 aromatic heterocycles. The molecule has 0 radical (unpaired) electrons. The van der Waals surface area contributed by atoms with Gasteiger partial charge >= 0.3 is 0 Å². The first-order valence-corrected chi connectivity index (χ1v) is 7.15. The summed E-state index contributed by atoms with van der Waals surface area (Å²) in [5.74, 6) is 1.19. The van der Waals surface area contributed by atoms with E-state index in [1.165, 1.54) is 22.4 Å². The molecule has 1 aliphatic rings. The van der Waals surface area contributed by atoms with Gasteiger partial charge in [-0.25, -0.2) is 0 Å². The van der Waals surface area contributed by atoms with Crippen LogP contribution in [-0.4, -0.2) is 6.54 Å². The second-order valence-corrected chi connectivity index (χ2v) is 5.76. The molecule has 1 heteroatoms. The van der Waals surface area contributed by atoms with Gasteiger partial charge in [0.1, 0.15) is 0 Å². The first-order chi connectivity index (χ1) is 9.24. The van der Waals surface area contributed by atoms with Crippen LogP contribution < -0.4 is 5.32 Å². The Balaban J connectivity index is 1.88. The van der Waals surface area contributed by atoms with Crippen molar-refractivity contribution in [3.63, 3.8) is 0 Å². The van der Waals surface area contributed by atoms with E-state index < -0.39 is 0 Å². The van der Waals surface area contributed by atoms with Gasteiger partial charge in [0.25, 0.3) is 0 Å². The van der Waals surface area contributed by atoms with E-state index >= 15 is 0 Å². The van der Waals surface area contributed by atoms with Crippen LogP contribution in [0.1, 0.15) is 42.4 Å². The van der Waals surface area contributed by atoms with E-state index in [2.05, 4.69) is 67.7 Å². The standard InChI is InChI=1S/C18H21N/c1-13(2)15-8-9-18-16(10-15)11-17(12-19-18)14-6-4-3-5-7-14/h3-10,13,17,19H,11-12H2,1-2H3. The van der Waals surface area contributed by atoms with Crippen LogP contribution in [0.3, 0.4) is 0 Å². The predicted molar refractivity (Wildman–Crippen MR) is 81.9 cm³/mol. The topological polar surface area (TPSA) is 12.0 Å². The molecule has 2 aromatic carbocycles. The Morgan fingerprint density at radius 3 is 2.58 bits per heavy atom. The van der Waals surface area contributed by atoms with E-state index in [9.17, 15) is 0 Å². The minimum absolute atomic E-state index is 0.594. The van der Waals surface area contributed by atoms with Crippen LogP contribution in [0.4, 0.5) is 5.69 Å². The van der Waals surface area contributed by atoms with Crippen molar-refractivity contribution in [2.24, 2.45) is 0 Å². The molecule has 0 spiro atoms. The number of benzene rings is 2. The van der Waals surface area contributed by atoms with Crippen LogP contribution in [0.15, 0.2) is 48.5 Å². The van der Waals surface area contributed by atoms with Crippen molar-refractivity contribution in [3.8, 4) is 0 Å². The monoisotopic (exact) mass is 251 g/mol. The highest BCUT2D eigenvalue weighted by Crippen LogP contribution is 2.32. The summed E-state index contributed by atoms with van der Waals surface area (Å²) in [6, 6.07) is 17.7. The molecule has 1 nitrogen and oxygen atoms in total. The van der Waals surface area contributed by atoms with Crippen LogP contribution in [0.5, 0.6) is 0 Å². The quantitative estimate of drug-likeness (QED) is 0.825. The van der Waals surface area contributed by atoms with Crippen molar-refractivity contribution in [1.82, 2.24) is 0 Å². The third-order valence-corrected chi connectivity index (χ3v) is 4.07. The molecule has 0 bridgehead atoms. The molecule has 1 unspecified atom stereocenters. The maximum atomic E-state index is 3.58. The first kappa shape index (κ1) is 12.3. The van der Waals surface area contributed by atoms with Gasteiger partial charge in [0.15, 0.2) is 0 Å². The molecular formula is C18H21N. The van der Waals surface area contributed by atoms with Gasteiger partial charge in [0, 0.05) is 18.2 Å². The van der Waals surface area contributed by atoms with Gasteiger partial charge in [-0.1, -0.05) is 56.3 Å². The van der Waals surface area contributed by atoms with Crippen molar-refractivity contribution in [2.45, 2.75) is 32.1 Å². The van der Waals surface area contributed by atoms with Crippen molar-refractivity contribution >= 4 is 5.69 Å². The van der Waals surface area contributed by atoms with Crippen LogP contribution in [-0.2, 0) is 6.42 Å². The lowest BCUT2D eigenvalue weighted by atomic mass is 9.86. The van der Waals surface area contributed by atoms with Crippen molar-refractivity contribution in [3.05, 3.63) is 65.2 Å². The number of hydrogen-bond acceptors (Lipinski definition) is 1. The van der Waals surface area contributed by atoms with E-state index in [4.69, 9.17) is 0 Å². The van der Waals surface area contributed by atoms with Crippen LogP contribution >= 0.6 is 0 Å². The molecule has 98 valence electrons. The largest absolute Gasteiger partial charge is 0.384 e. The minimum Gasteiger partial charge on any atom is -0.384 e. The van der Waals surface area contributed by atoms with E-state index in [1.807, 2.05) is 0 Å². The summed E-state index contributed by atoms with van der Waals surface area (Å²) in [5, 5.41) is 3.58. The molecule has 0 fully saturated rings. The van der Waals surface area contributed by atoms with Gasteiger partial charge in [-0.3, -0.25) is 0 Å². The fourth-order valence-corrected chi connectivity index (χ4v) is 2.85. The lowest BCUT2D eigenvalue weighted by Gasteiger charge is -2.27. The Hall–Kier alpha value is -1.76. The maximum Gasteiger partial charge on any atom is 0.0373 e. The molecule has 1 atom stereocenters. The van der Waals surface area contributed by atoms with Gasteiger partial charge in [-0.05, 0) is 35.1 Å². The zero-order valence-corrected chi connectivity index (χ0v) is 11.7. The summed E-state index contributed by atoms with van der Waals surface area (Å²) in [4.78, 5) is 0. The average molecular weight is 251 g/mol. The summed E-state index contributed by atoms with van der Waals surface area (Å²) >= 11 is 0. The Kier molecular flexibility index (Phi) is 3.29. The highest BCUT2D eigenvalue weighted by atomic mass is 14.9. The van der Waals surface area contributed by atoms with Crippen LogP contribution in [0.2, 0.25) is 0 Å². The molecular weight excluding hydrogens is 230 g/mol. The molecule has 0 saturated carbocycles. The fourth-order valence-electron chi connectivity index (χ4n) is 2.85. The molecule has 1 N–H and O–H groups in total. The van der Waals surface area contributed by atoms with E-state index in [0.29, 0.717) is 11.8 Å². The summed E-state index contributed by atoms with van der Waals surface area (Å²) < 4.78 is 0. The first-order valence-electron chi connectivity index (χ1n) is 7.15. The molecule has 1 heterocycles. The van der Waals surface area contributed by atoms with E-state index in [0.717, 1.165) is 13.0 Å². The number of rotatable bonds is 2. The molecule has 19 heavy (non-hydrogen) atoms. The van der Waals surface area contributed by atoms with Crippen molar-refractivity contribution in [1.29, 1.82) is 0 Å². The third kappa shape index (κ3) is 2.51. The average Bonchev–Trinajstić information content (AvgIpc) is 2.47. The number of anilines is 1. The normalized spacial score (nSPS) is 17.9. The van der Waals surface area contributed by atoms with Gasteiger partial charge in [0.05, 0.1) is 0 Å². The fraction of sp³-hybridized carbons (Fsp3) is 0.333. The lowest BCUT2D eigenvalue weighted by molar-refractivity contribution is 0.692. The maximum absolute atomic E-state index is 3.58. The van der Waals surface area contributed by atoms with Gasteiger partial charge in [-0.15, -0.1) is 0 Å². The zero-order valence-electron chi connectivity index (χ0n) is 11.7. The van der Waals surface area contributed by atoms with E-state index in [-0.39, 0.29) is 0 Å². The predicted octanol–water partition coefficient (Wildman–Crippen LogP) is 4.56. The molecule has 0 aliphatic carbocycles. The van der Waals surface area contributed by atoms with Crippen LogP contribution in [0.25, 0.3) is 0 Å². The molecule has 0 amide bonds. The number of hydrogen-bond donors (Lipinski definition) is 1. The highest BCUT2D eigenvalue weighted by Gasteiger charge is 2.20. The number of nitrogens with one attached hydrogen (secondary N) is 1. The van der Waals surface area contributed by atoms with Crippen molar-refractivity contribution in [2.75, 3.05) is 11.9 Å². The third-order valence-electron chi connectivity index (χ3n) is 4.07. The second-order valence-electron chi connectivity index (χ2n) is 5.76. The number of fused-ring (bicyclic) bond motifs is 1. The summed E-state index contributed by atoms with van der Waals surface area (Å²) in [7, 11) is 0. The minimum atomic E-state index is 0.594. The van der Waals surface area contributed by atoms with Gasteiger partial charge in [-0.2, -0.15) is 0 Å². The van der Waals surface area contributed by atoms with Crippen LogP contribution in [0, 0.1) is 0 Å². The summed E-state index contributed by atoms with van der Waals surface area (Å²) in [5.41, 5.74) is 5.66. The van der Waals surface area contributed by atoms with Gasteiger partial charge < -0.3 is 5.32 Å². The van der Waals surface area contributed by atoms with Gasteiger partial charge in [0.2, 0.25) is 0 Å².